The number of aliphatic hydroxyl groups is 1. The van der Waals surface area contributed by atoms with Crippen LogP contribution in [0.5, 0.6) is 0 Å². The molecule has 0 fully saturated rings. The lowest BCUT2D eigenvalue weighted by Gasteiger charge is -2.23. The Balaban J connectivity index is 2.10. The van der Waals surface area contributed by atoms with E-state index in [2.05, 4.69) is 38.1 Å². The van der Waals surface area contributed by atoms with Gasteiger partial charge in [-0.1, -0.05) is 101 Å². The number of rotatable bonds is 21. The first kappa shape index (κ1) is 28.1. The molecule has 1 aromatic carbocycles. The number of unbranched alkanes of at least 4 members (excludes halogenated alkanes) is 9. The van der Waals surface area contributed by atoms with Gasteiger partial charge in [0.15, 0.2) is 0 Å². The number of benzene rings is 1. The summed E-state index contributed by atoms with van der Waals surface area (Å²) in [5.41, 5.74) is 1.25. The Hall–Kier alpha value is -0.900. The first-order valence-electron chi connectivity index (χ1n) is 13.1. The molecule has 0 aliphatic carbocycles. The summed E-state index contributed by atoms with van der Waals surface area (Å²) < 4.78 is 12.1. The molecule has 0 heterocycles. The van der Waals surface area contributed by atoms with Gasteiger partial charge in [0.2, 0.25) is 0 Å². The predicted molar refractivity (Wildman–Crippen MR) is 132 cm³/mol. The monoisotopic (exact) mass is 434 g/mol. The molecule has 3 atom stereocenters. The summed E-state index contributed by atoms with van der Waals surface area (Å²) in [6.45, 7) is 7.81. The van der Waals surface area contributed by atoms with Gasteiger partial charge in [-0.3, -0.25) is 0 Å². The predicted octanol–water partition coefficient (Wildman–Crippen LogP) is 7.84. The maximum Gasteiger partial charge on any atom is 0.0716 e. The molecule has 0 aromatic heterocycles. The van der Waals surface area contributed by atoms with Crippen molar-refractivity contribution in [2.45, 2.75) is 136 Å². The highest BCUT2D eigenvalue weighted by Gasteiger charge is 2.14. The zero-order valence-electron chi connectivity index (χ0n) is 20.7. The van der Waals surface area contributed by atoms with Gasteiger partial charge in [-0.15, -0.1) is 0 Å². The van der Waals surface area contributed by atoms with E-state index in [0.29, 0.717) is 6.10 Å². The van der Waals surface area contributed by atoms with E-state index >= 15 is 0 Å². The Morgan fingerprint density at radius 1 is 0.774 bits per heavy atom. The zero-order valence-corrected chi connectivity index (χ0v) is 20.7. The topological polar surface area (TPSA) is 38.7 Å². The molecule has 0 amide bonds. The first-order valence-corrected chi connectivity index (χ1v) is 13.1. The van der Waals surface area contributed by atoms with Gasteiger partial charge in [-0.05, 0) is 45.1 Å². The number of aliphatic hydroxyl groups excluding tert-OH is 1. The Morgan fingerprint density at radius 3 is 1.97 bits per heavy atom. The molecule has 3 heteroatoms. The van der Waals surface area contributed by atoms with E-state index in [1.54, 1.807) is 0 Å². The van der Waals surface area contributed by atoms with Crippen molar-refractivity contribution >= 4 is 0 Å². The van der Waals surface area contributed by atoms with Crippen molar-refractivity contribution in [2.24, 2.45) is 0 Å². The minimum atomic E-state index is -0.284. The van der Waals surface area contributed by atoms with Crippen LogP contribution in [0.15, 0.2) is 30.3 Å². The van der Waals surface area contributed by atoms with E-state index in [4.69, 9.17) is 9.47 Å². The minimum absolute atomic E-state index is 0.145. The van der Waals surface area contributed by atoms with Gasteiger partial charge in [0, 0.05) is 6.61 Å². The molecule has 0 aliphatic heterocycles. The SMILES string of the molecule is CCCCCCCC[C@@H](CCCCCCCOCc1ccccc1)O[C@@H](C)C[C@H](C)O. The largest absolute Gasteiger partial charge is 0.393 e. The van der Waals surface area contributed by atoms with E-state index in [-0.39, 0.29) is 12.2 Å². The third-order valence-electron chi connectivity index (χ3n) is 5.90. The highest BCUT2D eigenvalue weighted by Crippen LogP contribution is 2.19. The fourth-order valence-electron chi connectivity index (χ4n) is 4.17. The van der Waals surface area contributed by atoms with Crippen LogP contribution < -0.4 is 0 Å². The molecule has 3 nitrogen and oxygen atoms in total. The highest BCUT2D eigenvalue weighted by atomic mass is 16.5. The lowest BCUT2D eigenvalue weighted by Crippen LogP contribution is -2.23. The van der Waals surface area contributed by atoms with Gasteiger partial charge in [0.1, 0.15) is 0 Å². The van der Waals surface area contributed by atoms with Crippen LogP contribution in [0.4, 0.5) is 0 Å². The molecule has 1 N–H and O–H groups in total. The van der Waals surface area contributed by atoms with Crippen molar-refractivity contribution in [3.8, 4) is 0 Å². The normalized spacial score (nSPS) is 14.5. The van der Waals surface area contributed by atoms with Crippen molar-refractivity contribution in [3.63, 3.8) is 0 Å². The second-order valence-corrected chi connectivity index (χ2v) is 9.30. The van der Waals surface area contributed by atoms with Gasteiger partial charge < -0.3 is 14.6 Å². The number of ether oxygens (including phenoxy) is 2. The Kier molecular flexibility index (Phi) is 17.9. The smallest absolute Gasteiger partial charge is 0.0716 e. The lowest BCUT2D eigenvalue weighted by atomic mass is 10.0. The molecule has 0 unspecified atom stereocenters. The minimum Gasteiger partial charge on any atom is -0.393 e. The van der Waals surface area contributed by atoms with Crippen LogP contribution in [0.1, 0.15) is 116 Å². The quantitative estimate of drug-likeness (QED) is 0.200. The molecular formula is C28H50O3. The maximum absolute atomic E-state index is 9.64. The molecule has 1 aromatic rings. The van der Waals surface area contributed by atoms with E-state index in [1.165, 1.54) is 76.2 Å². The molecule has 0 saturated carbocycles. The molecule has 0 radical (unpaired) electrons. The van der Waals surface area contributed by atoms with Crippen molar-refractivity contribution in [1.82, 2.24) is 0 Å². The van der Waals surface area contributed by atoms with Crippen molar-refractivity contribution < 1.29 is 14.6 Å². The van der Waals surface area contributed by atoms with Crippen LogP contribution in [-0.2, 0) is 16.1 Å². The molecule has 1 rings (SSSR count). The van der Waals surface area contributed by atoms with Gasteiger partial charge in [-0.2, -0.15) is 0 Å². The molecule has 0 saturated heterocycles. The van der Waals surface area contributed by atoms with E-state index < -0.39 is 0 Å². The van der Waals surface area contributed by atoms with Crippen LogP contribution in [-0.4, -0.2) is 30.0 Å². The summed E-state index contributed by atoms with van der Waals surface area (Å²) in [6, 6.07) is 10.4. The Bertz CT molecular complexity index is 488. The van der Waals surface area contributed by atoms with Crippen molar-refractivity contribution in [1.29, 1.82) is 0 Å². The summed E-state index contributed by atoms with van der Waals surface area (Å²) in [7, 11) is 0. The van der Waals surface area contributed by atoms with Crippen LogP contribution >= 0.6 is 0 Å². The van der Waals surface area contributed by atoms with Crippen LogP contribution in [0.25, 0.3) is 0 Å². The Morgan fingerprint density at radius 2 is 1.35 bits per heavy atom. The third kappa shape index (κ3) is 17.3. The van der Waals surface area contributed by atoms with Crippen LogP contribution in [0.2, 0.25) is 0 Å². The molecule has 180 valence electrons. The van der Waals surface area contributed by atoms with Gasteiger partial charge in [0.25, 0.3) is 0 Å². The summed E-state index contributed by atoms with van der Waals surface area (Å²) in [5, 5.41) is 9.64. The van der Waals surface area contributed by atoms with E-state index in [0.717, 1.165) is 32.5 Å². The third-order valence-corrected chi connectivity index (χ3v) is 5.90. The highest BCUT2D eigenvalue weighted by molar-refractivity contribution is 5.13. The zero-order chi connectivity index (χ0) is 22.6. The number of hydrogen-bond donors (Lipinski definition) is 1. The maximum atomic E-state index is 9.64. The fourth-order valence-corrected chi connectivity index (χ4v) is 4.17. The van der Waals surface area contributed by atoms with Crippen molar-refractivity contribution in [3.05, 3.63) is 35.9 Å². The van der Waals surface area contributed by atoms with E-state index in [1.807, 2.05) is 13.0 Å². The van der Waals surface area contributed by atoms with Crippen LogP contribution in [0.3, 0.4) is 0 Å². The number of hydrogen-bond acceptors (Lipinski definition) is 3. The molecule has 0 spiro atoms. The molecule has 31 heavy (non-hydrogen) atoms. The average Bonchev–Trinajstić information content (AvgIpc) is 2.74. The second kappa shape index (κ2) is 19.8. The van der Waals surface area contributed by atoms with Gasteiger partial charge >= 0.3 is 0 Å². The molecule has 0 bridgehead atoms. The summed E-state index contributed by atoms with van der Waals surface area (Å²) in [4.78, 5) is 0. The average molecular weight is 435 g/mol. The first-order chi connectivity index (χ1) is 15.1. The standard InChI is InChI=1S/C28H50O3/c1-4-5-6-7-9-15-20-28(31-26(3)23-25(2)29)21-16-10-8-11-17-22-30-24-27-18-13-12-14-19-27/h12-14,18-19,25-26,28-29H,4-11,15-17,20-24H2,1-3H3/t25-,26-,28-/m0/s1. The lowest BCUT2D eigenvalue weighted by molar-refractivity contribution is -0.0328. The van der Waals surface area contributed by atoms with E-state index in [9.17, 15) is 5.11 Å². The Labute approximate surface area is 192 Å². The van der Waals surface area contributed by atoms with Crippen LogP contribution in [0, 0.1) is 0 Å². The summed E-state index contributed by atoms with van der Waals surface area (Å²) >= 11 is 0. The summed E-state index contributed by atoms with van der Waals surface area (Å²) in [6.07, 6.45) is 17.5. The van der Waals surface area contributed by atoms with Gasteiger partial charge in [-0.25, -0.2) is 0 Å². The second-order valence-electron chi connectivity index (χ2n) is 9.30. The summed E-state index contributed by atoms with van der Waals surface area (Å²) in [5.74, 6) is 0. The fraction of sp³-hybridized carbons (Fsp3) is 0.786. The van der Waals surface area contributed by atoms with Gasteiger partial charge in [0.05, 0.1) is 24.9 Å². The molecule has 0 aliphatic rings. The molecular weight excluding hydrogens is 384 g/mol. The van der Waals surface area contributed by atoms with Crippen molar-refractivity contribution in [2.75, 3.05) is 6.61 Å².